The largest absolute Gasteiger partial charge is 0.335 e. The minimum absolute atomic E-state index is 0.0503. The van der Waals surface area contributed by atoms with E-state index in [1.165, 1.54) is 0 Å². The number of H-pyrrole nitrogens is 1. The van der Waals surface area contributed by atoms with Crippen LogP contribution in [0.4, 0.5) is 0 Å². The Labute approximate surface area is 65.6 Å². The molecule has 1 heterocycles. The molecule has 0 aliphatic carbocycles. The molecule has 0 aliphatic heterocycles. The van der Waals surface area contributed by atoms with Crippen LogP contribution < -0.4 is 0 Å². The Balaban J connectivity index is 3.09. The second kappa shape index (κ2) is 2.65. The van der Waals surface area contributed by atoms with Crippen LogP contribution in [0.3, 0.4) is 0 Å². The third-order valence-electron chi connectivity index (χ3n) is 1.32. The second-order valence-corrected chi connectivity index (χ2v) is 4.25. The van der Waals surface area contributed by atoms with Crippen LogP contribution in [-0.2, 0) is 16.3 Å². The van der Waals surface area contributed by atoms with E-state index >= 15 is 0 Å². The lowest BCUT2D eigenvalue weighted by atomic mass is 10.4. The number of nitrogens with zero attached hydrogens (tertiary/aromatic N) is 1. The van der Waals surface area contributed by atoms with Gasteiger partial charge in [-0.3, -0.25) is 0 Å². The fraction of sp³-hybridized carbons (Fsp3) is 0.500. The van der Waals surface area contributed by atoms with E-state index in [2.05, 4.69) is 9.97 Å². The Morgan fingerprint density at radius 1 is 1.64 bits per heavy atom. The summed E-state index contributed by atoms with van der Waals surface area (Å²) in [6.45, 7) is 1.92. The van der Waals surface area contributed by atoms with E-state index in [4.69, 9.17) is 0 Å². The molecule has 1 aromatic heterocycles. The van der Waals surface area contributed by atoms with Gasteiger partial charge in [0, 0.05) is 12.5 Å². The van der Waals surface area contributed by atoms with Crippen LogP contribution in [0, 0.1) is 0 Å². The van der Waals surface area contributed by atoms with Crippen LogP contribution in [0.25, 0.3) is 0 Å². The molecule has 0 unspecified atom stereocenters. The molecule has 0 saturated carbocycles. The first-order valence-corrected chi connectivity index (χ1v) is 5.17. The first-order chi connectivity index (χ1) is 5.04. The molecule has 0 saturated heterocycles. The van der Waals surface area contributed by atoms with Crippen molar-refractivity contribution < 1.29 is 8.42 Å². The van der Waals surface area contributed by atoms with Crippen molar-refractivity contribution in [1.29, 1.82) is 0 Å². The van der Waals surface area contributed by atoms with Crippen LogP contribution in [0.2, 0.25) is 0 Å². The summed E-state index contributed by atoms with van der Waals surface area (Å²) in [5.41, 5.74) is 0.769. The number of hydrogen-bond donors (Lipinski definition) is 1. The Bertz CT molecular complexity index is 339. The van der Waals surface area contributed by atoms with E-state index in [0.29, 0.717) is 0 Å². The van der Waals surface area contributed by atoms with Gasteiger partial charge in [0.25, 0.3) is 0 Å². The Kier molecular flexibility index (Phi) is 1.99. The van der Waals surface area contributed by atoms with E-state index in [0.717, 1.165) is 18.4 Å². The lowest BCUT2D eigenvalue weighted by molar-refractivity contribution is 0.594. The zero-order valence-electron chi connectivity index (χ0n) is 6.46. The van der Waals surface area contributed by atoms with Gasteiger partial charge in [-0.25, -0.2) is 13.4 Å². The number of aromatic amines is 1. The molecule has 11 heavy (non-hydrogen) atoms. The molecule has 4 nitrogen and oxygen atoms in total. The average Bonchev–Trinajstić information content (AvgIpc) is 2.32. The third-order valence-corrected chi connectivity index (χ3v) is 2.23. The normalized spacial score (nSPS) is 11.8. The van der Waals surface area contributed by atoms with Gasteiger partial charge in [0.15, 0.2) is 0 Å². The molecule has 5 heteroatoms. The van der Waals surface area contributed by atoms with Gasteiger partial charge in [-0.1, -0.05) is 6.92 Å². The van der Waals surface area contributed by atoms with Crippen LogP contribution >= 0.6 is 0 Å². The minimum atomic E-state index is -3.16. The van der Waals surface area contributed by atoms with Crippen molar-refractivity contribution in [1.82, 2.24) is 9.97 Å². The third kappa shape index (κ3) is 1.80. The molecule has 0 amide bonds. The molecular weight excluding hydrogens is 164 g/mol. The number of sulfone groups is 1. The Hall–Kier alpha value is -0.840. The van der Waals surface area contributed by atoms with Crippen LogP contribution in [0.5, 0.6) is 0 Å². The topological polar surface area (TPSA) is 62.8 Å². The standard InChI is InChI=1S/C6H10N2O2S/c1-3-5-4-7-6(8-5)11(2,9)10/h4H,3H2,1-2H3,(H,7,8). The predicted octanol–water partition coefficient (Wildman–Crippen LogP) is 0.376. The summed E-state index contributed by atoms with van der Waals surface area (Å²) in [5, 5.41) is 0.0503. The second-order valence-electron chi connectivity index (χ2n) is 2.32. The van der Waals surface area contributed by atoms with E-state index < -0.39 is 9.84 Å². The summed E-state index contributed by atoms with van der Waals surface area (Å²) in [4.78, 5) is 6.45. The van der Waals surface area contributed by atoms with Gasteiger partial charge in [0.1, 0.15) is 0 Å². The molecule has 0 atom stereocenters. The highest BCUT2D eigenvalue weighted by Crippen LogP contribution is 2.03. The monoisotopic (exact) mass is 174 g/mol. The van der Waals surface area contributed by atoms with Gasteiger partial charge in [-0.2, -0.15) is 0 Å². The van der Waals surface area contributed by atoms with E-state index in [1.807, 2.05) is 6.92 Å². The fourth-order valence-electron chi connectivity index (χ4n) is 0.711. The van der Waals surface area contributed by atoms with Crippen molar-refractivity contribution in [2.24, 2.45) is 0 Å². The van der Waals surface area contributed by atoms with Gasteiger partial charge in [-0.15, -0.1) is 0 Å². The first-order valence-electron chi connectivity index (χ1n) is 3.28. The van der Waals surface area contributed by atoms with Crippen molar-refractivity contribution in [2.75, 3.05) is 6.26 Å². The molecule has 1 rings (SSSR count). The maximum atomic E-state index is 10.9. The fourth-order valence-corrected chi connectivity index (χ4v) is 1.27. The van der Waals surface area contributed by atoms with Crippen molar-refractivity contribution in [3.05, 3.63) is 11.9 Å². The Morgan fingerprint density at radius 3 is 2.55 bits per heavy atom. The van der Waals surface area contributed by atoms with Crippen molar-refractivity contribution in [2.45, 2.75) is 18.5 Å². The maximum absolute atomic E-state index is 10.9. The smallest absolute Gasteiger partial charge is 0.224 e. The number of hydrogen-bond acceptors (Lipinski definition) is 3. The summed E-state index contributed by atoms with van der Waals surface area (Å²) >= 11 is 0. The summed E-state index contributed by atoms with van der Waals surface area (Å²) in [7, 11) is -3.16. The highest BCUT2D eigenvalue weighted by molar-refractivity contribution is 7.90. The van der Waals surface area contributed by atoms with Crippen molar-refractivity contribution >= 4 is 9.84 Å². The molecule has 0 bridgehead atoms. The average molecular weight is 174 g/mol. The minimum Gasteiger partial charge on any atom is -0.335 e. The maximum Gasteiger partial charge on any atom is 0.224 e. The number of aryl methyl sites for hydroxylation is 1. The molecule has 1 N–H and O–H groups in total. The lowest BCUT2D eigenvalue weighted by Crippen LogP contribution is -1.99. The predicted molar refractivity (Wildman–Crippen MR) is 41.1 cm³/mol. The quantitative estimate of drug-likeness (QED) is 0.704. The molecule has 0 spiro atoms. The van der Waals surface area contributed by atoms with Gasteiger partial charge >= 0.3 is 0 Å². The first kappa shape index (κ1) is 8.26. The number of rotatable bonds is 2. The van der Waals surface area contributed by atoms with Crippen molar-refractivity contribution in [3.8, 4) is 0 Å². The van der Waals surface area contributed by atoms with Crippen molar-refractivity contribution in [3.63, 3.8) is 0 Å². The van der Waals surface area contributed by atoms with E-state index in [1.54, 1.807) is 6.20 Å². The summed E-state index contributed by atoms with van der Waals surface area (Å²) < 4.78 is 21.7. The molecule has 0 radical (unpaired) electrons. The molecule has 62 valence electrons. The molecule has 1 aromatic rings. The summed E-state index contributed by atoms with van der Waals surface area (Å²) in [5.74, 6) is 0. The number of aromatic nitrogens is 2. The van der Waals surface area contributed by atoms with E-state index in [9.17, 15) is 8.42 Å². The highest BCUT2D eigenvalue weighted by atomic mass is 32.2. The van der Waals surface area contributed by atoms with Gasteiger partial charge in [-0.05, 0) is 6.42 Å². The van der Waals surface area contributed by atoms with Crippen LogP contribution in [0.15, 0.2) is 11.4 Å². The molecule has 0 fully saturated rings. The number of imidazole rings is 1. The summed E-state index contributed by atoms with van der Waals surface area (Å²) in [6, 6.07) is 0. The molecular formula is C6H10N2O2S. The highest BCUT2D eigenvalue weighted by Gasteiger charge is 2.10. The number of nitrogens with one attached hydrogen (secondary N) is 1. The molecule has 0 aliphatic rings. The lowest BCUT2D eigenvalue weighted by Gasteiger charge is -1.87. The Morgan fingerprint density at radius 2 is 2.27 bits per heavy atom. The van der Waals surface area contributed by atoms with Crippen LogP contribution in [-0.4, -0.2) is 24.6 Å². The van der Waals surface area contributed by atoms with Gasteiger partial charge < -0.3 is 4.98 Å². The van der Waals surface area contributed by atoms with Gasteiger partial charge in [0.2, 0.25) is 15.0 Å². The van der Waals surface area contributed by atoms with E-state index in [-0.39, 0.29) is 5.16 Å². The molecule has 0 aromatic carbocycles. The zero-order chi connectivity index (χ0) is 8.48. The van der Waals surface area contributed by atoms with Gasteiger partial charge in [0.05, 0.1) is 5.69 Å². The summed E-state index contributed by atoms with van der Waals surface area (Å²) in [6.07, 6.45) is 3.48. The van der Waals surface area contributed by atoms with Crippen LogP contribution in [0.1, 0.15) is 12.6 Å². The SMILES string of the molecule is CCc1c[nH]c(S(C)(=O)=O)n1. The zero-order valence-corrected chi connectivity index (χ0v) is 7.27.